The topological polar surface area (TPSA) is 21.7 Å². The Morgan fingerprint density at radius 1 is 1.26 bits per heavy atom. The minimum atomic E-state index is 0.134. The second-order valence-corrected chi connectivity index (χ2v) is 6.62. The van der Waals surface area contributed by atoms with Crippen LogP contribution in [0.3, 0.4) is 0 Å². The molecule has 3 rings (SSSR count). The first-order valence-corrected chi connectivity index (χ1v) is 8.84. The van der Waals surface area contributed by atoms with E-state index in [4.69, 9.17) is 9.47 Å². The van der Waals surface area contributed by atoms with Gasteiger partial charge in [0, 0.05) is 29.3 Å². The molecule has 122 valence electrons. The highest BCUT2D eigenvalue weighted by Gasteiger charge is 2.19. The Balaban J connectivity index is 1.92. The summed E-state index contributed by atoms with van der Waals surface area (Å²) in [6.07, 6.45) is 0.134. The number of ether oxygens (including phenoxy) is 2. The van der Waals surface area contributed by atoms with Crippen molar-refractivity contribution in [3.63, 3.8) is 0 Å². The van der Waals surface area contributed by atoms with Crippen molar-refractivity contribution in [3.8, 4) is 5.75 Å². The summed E-state index contributed by atoms with van der Waals surface area (Å²) in [6.45, 7) is 7.27. The monoisotopic (exact) mass is 375 g/mol. The van der Waals surface area contributed by atoms with Gasteiger partial charge in [-0.1, -0.05) is 28.1 Å². The van der Waals surface area contributed by atoms with Crippen molar-refractivity contribution in [2.45, 2.75) is 26.5 Å². The van der Waals surface area contributed by atoms with Gasteiger partial charge < -0.3 is 14.4 Å². The van der Waals surface area contributed by atoms with Gasteiger partial charge in [0.15, 0.2) is 0 Å². The van der Waals surface area contributed by atoms with Crippen LogP contribution in [0.4, 0.5) is 5.69 Å². The van der Waals surface area contributed by atoms with E-state index in [2.05, 4.69) is 58.1 Å². The summed E-state index contributed by atoms with van der Waals surface area (Å²) in [5, 5.41) is 0. The standard InChI is InChI=1S/C19H22BrNO2/c1-3-22-18-6-4-5-17(12-18)21-9-10-23-14(2)19-8-7-16(20)11-15(19)13-21/h4-8,11-12,14H,3,9-10,13H2,1-2H3. The molecule has 0 N–H and O–H groups in total. The van der Waals surface area contributed by atoms with E-state index in [1.54, 1.807) is 0 Å². The van der Waals surface area contributed by atoms with Crippen LogP contribution in [0.25, 0.3) is 0 Å². The minimum Gasteiger partial charge on any atom is -0.494 e. The lowest BCUT2D eigenvalue weighted by atomic mass is 10.0. The first-order valence-electron chi connectivity index (χ1n) is 8.05. The normalized spacial score (nSPS) is 18.0. The van der Waals surface area contributed by atoms with Gasteiger partial charge in [-0.25, -0.2) is 0 Å². The predicted molar refractivity (Wildman–Crippen MR) is 97.2 cm³/mol. The van der Waals surface area contributed by atoms with E-state index in [1.807, 2.05) is 19.1 Å². The zero-order valence-electron chi connectivity index (χ0n) is 13.6. The van der Waals surface area contributed by atoms with Crippen LogP contribution in [0.1, 0.15) is 31.1 Å². The maximum Gasteiger partial charge on any atom is 0.121 e. The number of nitrogens with zero attached hydrogens (tertiary/aromatic N) is 1. The molecule has 4 heteroatoms. The lowest BCUT2D eigenvalue weighted by Crippen LogP contribution is -2.30. The summed E-state index contributed by atoms with van der Waals surface area (Å²) >= 11 is 3.58. The molecule has 0 amide bonds. The largest absolute Gasteiger partial charge is 0.494 e. The molecule has 0 aromatic heterocycles. The highest BCUT2D eigenvalue weighted by atomic mass is 79.9. The summed E-state index contributed by atoms with van der Waals surface area (Å²) in [6, 6.07) is 14.7. The van der Waals surface area contributed by atoms with Gasteiger partial charge >= 0.3 is 0 Å². The molecular formula is C19H22BrNO2. The van der Waals surface area contributed by atoms with E-state index < -0.39 is 0 Å². The average molecular weight is 376 g/mol. The van der Waals surface area contributed by atoms with E-state index in [0.717, 1.165) is 29.9 Å². The number of fused-ring (bicyclic) bond motifs is 1. The van der Waals surface area contributed by atoms with Crippen LogP contribution in [0, 0.1) is 0 Å². The number of anilines is 1. The van der Waals surface area contributed by atoms with Crippen LogP contribution in [0.5, 0.6) is 5.75 Å². The SMILES string of the molecule is CCOc1cccc(N2CCOC(C)c3ccc(Br)cc3C2)c1. The lowest BCUT2D eigenvalue weighted by molar-refractivity contribution is 0.0672. The smallest absolute Gasteiger partial charge is 0.121 e. The van der Waals surface area contributed by atoms with Crippen LogP contribution in [-0.2, 0) is 11.3 Å². The van der Waals surface area contributed by atoms with E-state index >= 15 is 0 Å². The van der Waals surface area contributed by atoms with Crippen molar-refractivity contribution in [2.75, 3.05) is 24.7 Å². The fourth-order valence-corrected chi connectivity index (χ4v) is 3.39. The van der Waals surface area contributed by atoms with Crippen LogP contribution < -0.4 is 9.64 Å². The van der Waals surface area contributed by atoms with Gasteiger partial charge in [-0.2, -0.15) is 0 Å². The maximum atomic E-state index is 5.99. The second-order valence-electron chi connectivity index (χ2n) is 5.71. The number of benzene rings is 2. The number of hydrogen-bond acceptors (Lipinski definition) is 3. The molecule has 1 aliphatic rings. The Morgan fingerprint density at radius 2 is 2.13 bits per heavy atom. The Kier molecular flexibility index (Phi) is 5.23. The highest BCUT2D eigenvalue weighted by Crippen LogP contribution is 2.30. The quantitative estimate of drug-likeness (QED) is 0.757. The van der Waals surface area contributed by atoms with Gasteiger partial charge in [-0.3, -0.25) is 0 Å². The van der Waals surface area contributed by atoms with Gasteiger partial charge in [-0.05, 0) is 49.2 Å². The van der Waals surface area contributed by atoms with Crippen molar-refractivity contribution in [1.29, 1.82) is 0 Å². The number of hydrogen-bond donors (Lipinski definition) is 0. The molecule has 0 aliphatic carbocycles. The number of halogens is 1. The van der Waals surface area contributed by atoms with E-state index in [-0.39, 0.29) is 6.10 Å². The van der Waals surface area contributed by atoms with Crippen molar-refractivity contribution < 1.29 is 9.47 Å². The predicted octanol–water partition coefficient (Wildman–Crippen LogP) is 4.95. The molecule has 0 bridgehead atoms. The van der Waals surface area contributed by atoms with E-state index in [1.165, 1.54) is 16.8 Å². The molecule has 1 aliphatic heterocycles. The Labute approximate surface area is 146 Å². The molecule has 0 fully saturated rings. The van der Waals surface area contributed by atoms with Crippen molar-refractivity contribution in [2.24, 2.45) is 0 Å². The third-order valence-electron chi connectivity index (χ3n) is 4.13. The van der Waals surface area contributed by atoms with Gasteiger partial charge in [0.2, 0.25) is 0 Å². The molecule has 1 atom stereocenters. The highest BCUT2D eigenvalue weighted by molar-refractivity contribution is 9.10. The fraction of sp³-hybridized carbons (Fsp3) is 0.368. The molecule has 2 aromatic carbocycles. The first-order chi connectivity index (χ1) is 11.2. The molecule has 23 heavy (non-hydrogen) atoms. The summed E-state index contributed by atoms with van der Waals surface area (Å²) in [5.41, 5.74) is 3.73. The van der Waals surface area contributed by atoms with Crippen LogP contribution >= 0.6 is 15.9 Å². The molecule has 1 heterocycles. The summed E-state index contributed by atoms with van der Waals surface area (Å²) in [5.74, 6) is 0.913. The Morgan fingerprint density at radius 3 is 2.96 bits per heavy atom. The van der Waals surface area contributed by atoms with E-state index in [9.17, 15) is 0 Å². The fourth-order valence-electron chi connectivity index (χ4n) is 2.98. The zero-order valence-corrected chi connectivity index (χ0v) is 15.2. The first kappa shape index (κ1) is 16.3. The molecule has 2 aromatic rings. The second kappa shape index (κ2) is 7.37. The van der Waals surface area contributed by atoms with Gasteiger partial charge in [0.25, 0.3) is 0 Å². The minimum absolute atomic E-state index is 0.134. The number of rotatable bonds is 3. The molecule has 0 spiro atoms. The molecule has 0 saturated heterocycles. The van der Waals surface area contributed by atoms with E-state index in [0.29, 0.717) is 6.61 Å². The third-order valence-corrected chi connectivity index (χ3v) is 4.62. The molecule has 3 nitrogen and oxygen atoms in total. The van der Waals surface area contributed by atoms with Gasteiger partial charge in [0.1, 0.15) is 5.75 Å². The van der Waals surface area contributed by atoms with Crippen molar-refractivity contribution in [1.82, 2.24) is 0 Å². The zero-order chi connectivity index (χ0) is 16.2. The summed E-state index contributed by atoms with van der Waals surface area (Å²) in [7, 11) is 0. The summed E-state index contributed by atoms with van der Waals surface area (Å²) in [4.78, 5) is 2.35. The van der Waals surface area contributed by atoms with Crippen molar-refractivity contribution >= 4 is 21.6 Å². The molecular weight excluding hydrogens is 354 g/mol. The maximum absolute atomic E-state index is 5.99. The molecule has 1 unspecified atom stereocenters. The Hall–Kier alpha value is -1.52. The van der Waals surface area contributed by atoms with Gasteiger partial charge in [0.05, 0.1) is 19.3 Å². The van der Waals surface area contributed by atoms with Crippen LogP contribution in [0.15, 0.2) is 46.9 Å². The molecule has 0 saturated carbocycles. The van der Waals surface area contributed by atoms with Crippen LogP contribution in [0.2, 0.25) is 0 Å². The Bertz CT molecular complexity index is 674. The molecule has 0 radical (unpaired) electrons. The third kappa shape index (κ3) is 3.88. The average Bonchev–Trinajstić information content (AvgIpc) is 2.53. The van der Waals surface area contributed by atoms with Crippen LogP contribution in [-0.4, -0.2) is 19.8 Å². The summed E-state index contributed by atoms with van der Waals surface area (Å²) < 4.78 is 12.7. The van der Waals surface area contributed by atoms with Crippen molar-refractivity contribution in [3.05, 3.63) is 58.1 Å². The lowest BCUT2D eigenvalue weighted by Gasteiger charge is -2.31. The van der Waals surface area contributed by atoms with Gasteiger partial charge in [-0.15, -0.1) is 0 Å².